The van der Waals surface area contributed by atoms with E-state index in [0.29, 0.717) is 0 Å². The fourth-order valence-electron chi connectivity index (χ4n) is 3.84. The van der Waals surface area contributed by atoms with Gasteiger partial charge in [0.2, 0.25) is 0 Å². The van der Waals surface area contributed by atoms with Gasteiger partial charge in [-0.1, -0.05) is 6.92 Å². The van der Waals surface area contributed by atoms with E-state index >= 15 is 0 Å². The monoisotopic (exact) mass is 317 g/mol. The van der Waals surface area contributed by atoms with Gasteiger partial charge in [0.25, 0.3) is 0 Å². The van der Waals surface area contributed by atoms with Crippen molar-refractivity contribution in [3.05, 3.63) is 16.8 Å². The summed E-state index contributed by atoms with van der Waals surface area (Å²) in [6.45, 7) is 7.08. The minimum Gasteiger partial charge on any atom is -0.350 e. The molecule has 4 rings (SSSR count). The van der Waals surface area contributed by atoms with Crippen molar-refractivity contribution < 1.29 is 4.90 Å². The van der Waals surface area contributed by atoms with Crippen molar-refractivity contribution in [1.29, 1.82) is 0 Å². The largest absolute Gasteiger partial charge is 0.350 e. The second-order valence-corrected chi connectivity index (χ2v) is 8.11. The van der Waals surface area contributed by atoms with Gasteiger partial charge in [0.1, 0.15) is 17.0 Å². The van der Waals surface area contributed by atoms with Gasteiger partial charge in [0, 0.05) is 17.8 Å². The highest BCUT2D eigenvalue weighted by Gasteiger charge is 2.25. The smallest absolute Gasteiger partial charge is 0.141 e. The lowest BCUT2D eigenvalue weighted by molar-refractivity contribution is -0.876. The Bertz CT molecular complexity index is 681. The summed E-state index contributed by atoms with van der Waals surface area (Å²) >= 11 is 1.90. The van der Waals surface area contributed by atoms with Crippen LogP contribution in [-0.2, 0) is 12.8 Å². The summed E-state index contributed by atoms with van der Waals surface area (Å²) in [5.41, 5.74) is 1.55. The van der Waals surface area contributed by atoms with Crippen LogP contribution in [0.25, 0.3) is 10.2 Å². The zero-order valence-corrected chi connectivity index (χ0v) is 14.4. The molecule has 0 radical (unpaired) electrons. The Kier molecular flexibility index (Phi) is 3.78. The number of rotatable bonds is 1. The lowest BCUT2D eigenvalue weighted by Gasteiger charge is -2.23. The van der Waals surface area contributed by atoms with Crippen LogP contribution in [0, 0.1) is 5.92 Å². The molecule has 2 aromatic heterocycles. The van der Waals surface area contributed by atoms with Crippen molar-refractivity contribution in [2.75, 3.05) is 38.1 Å². The zero-order valence-electron chi connectivity index (χ0n) is 13.6. The van der Waals surface area contributed by atoms with Crippen molar-refractivity contribution in [3.8, 4) is 0 Å². The van der Waals surface area contributed by atoms with Crippen LogP contribution >= 0.6 is 11.3 Å². The van der Waals surface area contributed by atoms with E-state index in [1.165, 1.54) is 54.8 Å². The molecule has 0 amide bonds. The first-order valence-corrected chi connectivity index (χ1v) is 9.35. The molecule has 22 heavy (non-hydrogen) atoms. The zero-order chi connectivity index (χ0) is 15.1. The molecule has 1 aliphatic heterocycles. The van der Waals surface area contributed by atoms with Crippen LogP contribution in [0.2, 0.25) is 0 Å². The summed E-state index contributed by atoms with van der Waals surface area (Å²) in [6, 6.07) is 0. The predicted molar refractivity (Wildman–Crippen MR) is 92.1 cm³/mol. The second kappa shape index (κ2) is 5.78. The van der Waals surface area contributed by atoms with E-state index in [4.69, 9.17) is 4.98 Å². The van der Waals surface area contributed by atoms with Gasteiger partial charge in [-0.15, -0.1) is 11.3 Å². The van der Waals surface area contributed by atoms with E-state index in [9.17, 15) is 0 Å². The van der Waals surface area contributed by atoms with Gasteiger partial charge in [0.05, 0.1) is 32.1 Å². The summed E-state index contributed by atoms with van der Waals surface area (Å²) in [7, 11) is 2.30. The first kappa shape index (κ1) is 14.4. The van der Waals surface area contributed by atoms with Gasteiger partial charge in [-0.05, 0) is 30.7 Å². The van der Waals surface area contributed by atoms with Crippen molar-refractivity contribution >= 4 is 27.4 Å². The van der Waals surface area contributed by atoms with Crippen LogP contribution in [0.1, 0.15) is 30.2 Å². The Morgan fingerprint density at radius 1 is 1.27 bits per heavy atom. The molecule has 2 aliphatic rings. The number of hydrogen-bond acceptors (Lipinski definition) is 4. The number of anilines is 1. The number of aryl methyl sites for hydroxylation is 1. The molecule has 3 heterocycles. The van der Waals surface area contributed by atoms with Crippen LogP contribution in [-0.4, -0.2) is 43.2 Å². The quantitative estimate of drug-likeness (QED) is 0.866. The third-order valence-electron chi connectivity index (χ3n) is 5.21. The first-order chi connectivity index (χ1) is 10.7. The molecule has 118 valence electrons. The highest BCUT2D eigenvalue weighted by Crippen LogP contribution is 2.40. The van der Waals surface area contributed by atoms with Gasteiger partial charge < -0.3 is 9.80 Å². The van der Waals surface area contributed by atoms with Crippen LogP contribution in [0.5, 0.6) is 0 Å². The van der Waals surface area contributed by atoms with Gasteiger partial charge in [-0.2, -0.15) is 0 Å². The summed E-state index contributed by atoms with van der Waals surface area (Å²) in [6.07, 6.45) is 6.75. The maximum absolute atomic E-state index is 4.71. The van der Waals surface area contributed by atoms with Gasteiger partial charge in [0.15, 0.2) is 0 Å². The highest BCUT2D eigenvalue weighted by atomic mass is 32.1. The third-order valence-corrected chi connectivity index (χ3v) is 6.37. The second-order valence-electron chi connectivity index (χ2n) is 7.03. The minimum atomic E-state index is 0.812. The van der Waals surface area contributed by atoms with Crippen LogP contribution in [0.15, 0.2) is 6.33 Å². The number of thiophene rings is 1. The maximum Gasteiger partial charge on any atom is 0.141 e. The fourth-order valence-corrected chi connectivity index (χ4v) is 5.19. The van der Waals surface area contributed by atoms with Crippen molar-refractivity contribution in [3.63, 3.8) is 0 Å². The number of nitrogens with one attached hydrogen (secondary N) is 1. The molecule has 5 heteroatoms. The summed E-state index contributed by atoms with van der Waals surface area (Å²) in [4.78, 5) is 16.2. The molecule has 1 fully saturated rings. The number of quaternary nitrogens is 1. The van der Waals surface area contributed by atoms with E-state index in [1.54, 1.807) is 21.7 Å². The Morgan fingerprint density at radius 3 is 3.09 bits per heavy atom. The summed E-state index contributed by atoms with van der Waals surface area (Å²) < 4.78 is 0. The van der Waals surface area contributed by atoms with Crippen LogP contribution < -0.4 is 9.80 Å². The lowest BCUT2D eigenvalue weighted by Crippen LogP contribution is -3.09. The molecule has 2 aromatic rings. The Morgan fingerprint density at radius 2 is 2.18 bits per heavy atom. The molecular formula is C17H25N4S+. The summed E-state index contributed by atoms with van der Waals surface area (Å²) in [5, 5.41) is 1.37. The van der Waals surface area contributed by atoms with Gasteiger partial charge in [-0.25, -0.2) is 9.97 Å². The van der Waals surface area contributed by atoms with E-state index < -0.39 is 0 Å². The molecule has 1 N–H and O–H groups in total. The number of nitrogens with zero attached hydrogens (tertiary/aromatic N) is 3. The van der Waals surface area contributed by atoms with Gasteiger partial charge >= 0.3 is 0 Å². The van der Waals surface area contributed by atoms with Crippen molar-refractivity contribution in [1.82, 2.24) is 9.97 Å². The highest BCUT2D eigenvalue weighted by molar-refractivity contribution is 7.19. The SMILES string of the molecule is C[C@@H]1CCc2c(sc3ncnc(N4CCC[NH+](C)CC4)c23)C1. The Labute approximate surface area is 136 Å². The molecule has 0 saturated carbocycles. The maximum atomic E-state index is 4.71. The number of likely N-dealkylation sites (N-methyl/N-ethyl adjacent to an activating group) is 1. The Hall–Kier alpha value is -1.20. The Balaban J connectivity index is 1.77. The van der Waals surface area contributed by atoms with E-state index in [0.717, 1.165) is 19.0 Å². The number of aromatic nitrogens is 2. The van der Waals surface area contributed by atoms with E-state index in [1.807, 2.05) is 11.3 Å². The molecular weight excluding hydrogens is 292 g/mol. The average Bonchev–Trinajstić information content (AvgIpc) is 2.73. The molecule has 0 spiro atoms. The molecule has 0 aromatic carbocycles. The normalized spacial score (nSPS) is 26.0. The topological polar surface area (TPSA) is 33.5 Å². The molecule has 0 bridgehead atoms. The van der Waals surface area contributed by atoms with Crippen molar-refractivity contribution in [2.24, 2.45) is 5.92 Å². The van der Waals surface area contributed by atoms with Crippen LogP contribution in [0.4, 0.5) is 5.82 Å². The summed E-state index contributed by atoms with van der Waals surface area (Å²) in [5.74, 6) is 2.01. The molecule has 4 nitrogen and oxygen atoms in total. The van der Waals surface area contributed by atoms with Gasteiger partial charge in [-0.3, -0.25) is 0 Å². The van der Waals surface area contributed by atoms with Crippen LogP contribution in [0.3, 0.4) is 0 Å². The third kappa shape index (κ3) is 2.50. The average molecular weight is 317 g/mol. The number of fused-ring (bicyclic) bond motifs is 3. The van der Waals surface area contributed by atoms with E-state index in [2.05, 4.69) is 23.9 Å². The molecule has 1 aliphatic carbocycles. The molecule has 1 saturated heterocycles. The van der Waals surface area contributed by atoms with E-state index in [-0.39, 0.29) is 0 Å². The van der Waals surface area contributed by atoms with Crippen molar-refractivity contribution in [2.45, 2.75) is 32.6 Å². The standard InChI is InChI=1S/C17H24N4S/c1-12-4-5-13-14(10-12)22-17-15(13)16(18-11-19-17)21-7-3-6-20(2)8-9-21/h11-12H,3-10H2,1-2H3/p+1/t12-/m1/s1. The number of hydrogen-bond donors (Lipinski definition) is 1. The minimum absolute atomic E-state index is 0.812. The fraction of sp³-hybridized carbons (Fsp3) is 0.647. The predicted octanol–water partition coefficient (Wildman–Crippen LogP) is 1.54. The lowest BCUT2D eigenvalue weighted by atomic mass is 9.89. The molecule has 2 atom stereocenters. The first-order valence-electron chi connectivity index (χ1n) is 8.54. The molecule has 1 unspecified atom stereocenters.